The van der Waals surface area contributed by atoms with Gasteiger partial charge in [-0.15, -0.1) is 0 Å². The van der Waals surface area contributed by atoms with Gasteiger partial charge in [-0.2, -0.15) is 5.10 Å². The first-order valence-corrected chi connectivity index (χ1v) is 8.01. The Morgan fingerprint density at radius 2 is 2.08 bits per heavy atom. The number of carbonyl (C=O) groups excluding carboxylic acids is 1. The monoisotopic (exact) mass is 357 g/mol. The van der Waals surface area contributed by atoms with Gasteiger partial charge in [-0.3, -0.25) is 14.3 Å². The van der Waals surface area contributed by atoms with Gasteiger partial charge in [-0.05, 0) is 26.0 Å². The molecular formula is C18H19N3O5. The van der Waals surface area contributed by atoms with Crippen LogP contribution >= 0.6 is 0 Å². The molecule has 0 fully saturated rings. The lowest BCUT2D eigenvalue weighted by Gasteiger charge is -2.11. The number of nitrogens with zero attached hydrogens (tertiary/aromatic N) is 2. The maximum atomic E-state index is 12.5. The normalized spacial score (nSPS) is 11.0. The summed E-state index contributed by atoms with van der Waals surface area (Å²) >= 11 is 0. The minimum atomic E-state index is -0.593. The molecule has 0 bridgehead atoms. The summed E-state index contributed by atoms with van der Waals surface area (Å²) in [4.78, 5) is 24.3. The highest BCUT2D eigenvalue weighted by atomic mass is 16.5. The molecular weight excluding hydrogens is 338 g/mol. The summed E-state index contributed by atoms with van der Waals surface area (Å²) in [6.07, 6.45) is 1.06. The van der Waals surface area contributed by atoms with Crippen LogP contribution in [0, 0.1) is 0 Å². The van der Waals surface area contributed by atoms with Crippen molar-refractivity contribution in [2.45, 2.75) is 20.0 Å². The minimum Gasteiger partial charge on any atom is -0.490 e. The van der Waals surface area contributed by atoms with E-state index in [1.54, 1.807) is 11.7 Å². The van der Waals surface area contributed by atoms with Crippen LogP contribution in [-0.4, -0.2) is 28.9 Å². The minimum absolute atomic E-state index is 0.0254. The summed E-state index contributed by atoms with van der Waals surface area (Å²) in [5.74, 6) is 0.220. The molecule has 0 spiro atoms. The number of benzene rings is 1. The fourth-order valence-electron chi connectivity index (χ4n) is 2.56. The van der Waals surface area contributed by atoms with Gasteiger partial charge in [0.1, 0.15) is 12.0 Å². The summed E-state index contributed by atoms with van der Waals surface area (Å²) in [6.45, 7) is 3.83. The van der Waals surface area contributed by atoms with Crippen LogP contribution < -0.4 is 20.2 Å². The van der Waals surface area contributed by atoms with E-state index in [1.807, 2.05) is 32.0 Å². The molecule has 1 aromatic carbocycles. The third kappa shape index (κ3) is 3.26. The van der Waals surface area contributed by atoms with Crippen LogP contribution in [0.25, 0.3) is 10.9 Å². The number of hydrogen-bond acceptors (Lipinski definition) is 6. The number of aromatic nitrogens is 2. The van der Waals surface area contributed by atoms with E-state index in [9.17, 15) is 9.59 Å². The summed E-state index contributed by atoms with van der Waals surface area (Å²) in [5.41, 5.74) is 0.355. The lowest BCUT2D eigenvalue weighted by Crippen LogP contribution is -2.16. The lowest BCUT2D eigenvalue weighted by molar-refractivity contribution is 0.0993. The Kier molecular flexibility index (Phi) is 4.66. The van der Waals surface area contributed by atoms with Gasteiger partial charge in [0.25, 0.3) is 5.91 Å². The number of methoxy groups -OCH3 is 1. The molecule has 3 rings (SSSR count). The average molecular weight is 357 g/mol. The van der Waals surface area contributed by atoms with Crippen molar-refractivity contribution in [2.75, 3.05) is 12.4 Å². The summed E-state index contributed by atoms with van der Waals surface area (Å²) in [5, 5.41) is 7.69. The van der Waals surface area contributed by atoms with Crippen LogP contribution in [0.5, 0.6) is 11.5 Å². The molecule has 0 unspecified atom stereocenters. The summed E-state index contributed by atoms with van der Waals surface area (Å²) in [6, 6.07) is 6.62. The van der Waals surface area contributed by atoms with Crippen LogP contribution in [0.4, 0.5) is 5.82 Å². The first-order chi connectivity index (χ1) is 12.4. The molecule has 26 heavy (non-hydrogen) atoms. The number of fused-ring (bicyclic) bond motifs is 1. The van der Waals surface area contributed by atoms with Crippen molar-refractivity contribution in [1.82, 2.24) is 9.78 Å². The van der Waals surface area contributed by atoms with Crippen molar-refractivity contribution in [1.29, 1.82) is 0 Å². The number of anilines is 1. The molecule has 8 nitrogen and oxygen atoms in total. The highest BCUT2D eigenvalue weighted by Gasteiger charge is 2.19. The second kappa shape index (κ2) is 6.91. The van der Waals surface area contributed by atoms with E-state index in [0.717, 1.165) is 17.8 Å². The predicted molar refractivity (Wildman–Crippen MR) is 96.0 cm³/mol. The molecule has 2 heterocycles. The number of aryl methyl sites for hydroxylation is 1. The smallest absolute Gasteiger partial charge is 0.292 e. The second-order valence-corrected chi connectivity index (χ2v) is 5.92. The van der Waals surface area contributed by atoms with E-state index in [-0.39, 0.29) is 17.6 Å². The fraction of sp³-hybridized carbons (Fsp3) is 0.278. The zero-order valence-corrected chi connectivity index (χ0v) is 14.9. The maximum absolute atomic E-state index is 12.5. The number of hydrogen-bond donors (Lipinski definition) is 1. The van der Waals surface area contributed by atoms with Crippen molar-refractivity contribution in [2.24, 2.45) is 7.05 Å². The topological polar surface area (TPSA) is 95.6 Å². The Labute approximate surface area is 149 Å². The lowest BCUT2D eigenvalue weighted by atomic mass is 10.2. The van der Waals surface area contributed by atoms with Crippen LogP contribution in [0.15, 0.2) is 39.7 Å². The van der Waals surface area contributed by atoms with Crippen LogP contribution in [0.3, 0.4) is 0 Å². The highest BCUT2D eigenvalue weighted by molar-refractivity contribution is 6.07. The molecule has 2 aromatic heterocycles. The zero-order valence-electron chi connectivity index (χ0n) is 14.9. The molecule has 8 heteroatoms. The van der Waals surface area contributed by atoms with Crippen LogP contribution in [0.2, 0.25) is 0 Å². The van der Waals surface area contributed by atoms with E-state index in [2.05, 4.69) is 10.4 Å². The number of carbonyl (C=O) groups is 1. The van der Waals surface area contributed by atoms with Gasteiger partial charge in [0, 0.05) is 13.1 Å². The van der Waals surface area contributed by atoms with Gasteiger partial charge < -0.3 is 19.2 Å². The highest BCUT2D eigenvalue weighted by Crippen LogP contribution is 2.32. The number of ether oxygens (including phenoxy) is 2. The van der Waals surface area contributed by atoms with E-state index in [1.165, 1.54) is 7.11 Å². The molecule has 136 valence electrons. The van der Waals surface area contributed by atoms with E-state index < -0.39 is 11.3 Å². The molecule has 0 aliphatic rings. The molecule has 0 aliphatic carbocycles. The van der Waals surface area contributed by atoms with Gasteiger partial charge in [-0.25, -0.2) is 0 Å². The predicted octanol–water partition coefficient (Wildman–Crippen LogP) is 2.57. The van der Waals surface area contributed by atoms with Gasteiger partial charge in [0.15, 0.2) is 11.6 Å². The molecule has 1 N–H and O–H groups in total. The van der Waals surface area contributed by atoms with E-state index >= 15 is 0 Å². The Hall–Kier alpha value is -3.29. The maximum Gasteiger partial charge on any atom is 0.292 e. The van der Waals surface area contributed by atoms with Crippen molar-refractivity contribution in [3.05, 3.63) is 46.5 Å². The molecule has 3 aromatic rings. The van der Waals surface area contributed by atoms with Gasteiger partial charge >= 0.3 is 0 Å². The molecule has 0 saturated heterocycles. The van der Waals surface area contributed by atoms with E-state index in [4.69, 9.17) is 13.9 Å². The van der Waals surface area contributed by atoms with Gasteiger partial charge in [-0.1, -0.05) is 6.07 Å². The van der Waals surface area contributed by atoms with Crippen LogP contribution in [0.1, 0.15) is 24.4 Å². The Morgan fingerprint density at radius 3 is 2.73 bits per heavy atom. The van der Waals surface area contributed by atoms with Crippen molar-refractivity contribution in [3.63, 3.8) is 0 Å². The van der Waals surface area contributed by atoms with Crippen molar-refractivity contribution >= 4 is 22.6 Å². The SMILES string of the molecule is COc1coc(C(=O)Nc2nn(C)c3cccc(OC(C)C)c23)cc1=O. The molecule has 0 radical (unpaired) electrons. The Morgan fingerprint density at radius 1 is 1.31 bits per heavy atom. The van der Waals surface area contributed by atoms with Crippen molar-refractivity contribution in [3.8, 4) is 11.5 Å². The molecule has 0 aliphatic heterocycles. The number of nitrogens with one attached hydrogen (secondary N) is 1. The first-order valence-electron chi connectivity index (χ1n) is 8.01. The molecule has 1 amide bonds. The van der Waals surface area contributed by atoms with E-state index in [0.29, 0.717) is 17.0 Å². The first kappa shape index (κ1) is 17.5. The average Bonchev–Trinajstić information content (AvgIpc) is 2.91. The Bertz CT molecular complexity index is 1020. The second-order valence-electron chi connectivity index (χ2n) is 5.92. The van der Waals surface area contributed by atoms with Gasteiger partial charge in [0.2, 0.25) is 11.2 Å². The fourth-order valence-corrected chi connectivity index (χ4v) is 2.56. The summed E-state index contributed by atoms with van der Waals surface area (Å²) < 4.78 is 17.5. The number of amides is 1. The molecule has 0 saturated carbocycles. The quantitative estimate of drug-likeness (QED) is 0.754. The molecule has 0 atom stereocenters. The third-order valence-corrected chi connectivity index (χ3v) is 3.68. The standard InChI is InChI=1S/C18H19N3O5/c1-10(2)26-13-7-5-6-11-16(13)17(20-21(11)3)19-18(23)14-8-12(22)15(24-4)9-25-14/h5-10H,1-4H3,(H,19,20,23). The zero-order chi connectivity index (χ0) is 18.8. The summed E-state index contributed by atoms with van der Waals surface area (Å²) in [7, 11) is 3.12. The number of rotatable bonds is 5. The Balaban J connectivity index is 1.99. The van der Waals surface area contributed by atoms with Gasteiger partial charge in [0.05, 0.1) is 24.1 Å². The third-order valence-electron chi connectivity index (χ3n) is 3.68. The van der Waals surface area contributed by atoms with Crippen molar-refractivity contribution < 1.29 is 18.7 Å². The largest absolute Gasteiger partial charge is 0.490 e. The van der Waals surface area contributed by atoms with Crippen LogP contribution in [-0.2, 0) is 7.05 Å².